The fraction of sp³-hybridized carbons (Fsp3) is 0.471. The molecule has 1 aromatic carbocycles. The number of nitrogens with one attached hydrogen (secondary N) is 3. The Bertz CT molecular complexity index is 613. The third kappa shape index (κ3) is 5.19. The number of carbonyl (C=O) groups excluding carboxylic acids is 2. The van der Waals surface area contributed by atoms with Crippen molar-refractivity contribution in [1.29, 1.82) is 0 Å². The monoisotopic (exact) mass is 348 g/mol. The third-order valence-electron chi connectivity index (χ3n) is 4.04. The van der Waals surface area contributed by atoms with Gasteiger partial charge in [-0.25, -0.2) is 0 Å². The van der Waals surface area contributed by atoms with Crippen molar-refractivity contribution in [3.05, 3.63) is 29.3 Å². The van der Waals surface area contributed by atoms with Gasteiger partial charge in [-0.3, -0.25) is 20.4 Å². The van der Waals surface area contributed by atoms with Crippen LogP contribution in [0.4, 0.5) is 5.69 Å². The van der Waals surface area contributed by atoms with Crippen LogP contribution in [0, 0.1) is 13.8 Å². The van der Waals surface area contributed by atoms with Crippen LogP contribution in [0.15, 0.2) is 18.2 Å². The Labute approximate surface area is 148 Å². The Morgan fingerprint density at radius 2 is 1.88 bits per heavy atom. The zero-order chi connectivity index (χ0) is 17.5. The van der Waals surface area contributed by atoms with E-state index in [-0.39, 0.29) is 18.4 Å². The van der Waals surface area contributed by atoms with Gasteiger partial charge in [-0.2, -0.15) is 0 Å². The highest BCUT2D eigenvalue weighted by molar-refractivity contribution is 7.80. The van der Waals surface area contributed by atoms with Gasteiger partial charge in [-0.1, -0.05) is 24.6 Å². The largest absolute Gasteiger partial charge is 0.333 e. The van der Waals surface area contributed by atoms with E-state index in [1.54, 1.807) is 4.90 Å². The minimum atomic E-state index is -0.282. The van der Waals surface area contributed by atoms with E-state index in [1.165, 1.54) is 0 Å². The van der Waals surface area contributed by atoms with Crippen LogP contribution < -0.4 is 16.2 Å². The van der Waals surface area contributed by atoms with E-state index < -0.39 is 0 Å². The maximum Gasteiger partial charge on any atom is 0.257 e. The molecule has 1 aliphatic heterocycles. The molecule has 0 unspecified atom stereocenters. The number of rotatable bonds is 3. The zero-order valence-corrected chi connectivity index (χ0v) is 15.0. The van der Waals surface area contributed by atoms with Crippen LogP contribution >= 0.6 is 12.2 Å². The van der Waals surface area contributed by atoms with Gasteiger partial charge in [0.2, 0.25) is 5.91 Å². The van der Waals surface area contributed by atoms with Crippen LogP contribution in [0.25, 0.3) is 0 Å². The molecule has 1 heterocycles. The number of benzene rings is 1. The Balaban J connectivity index is 1.80. The van der Waals surface area contributed by atoms with Crippen LogP contribution in [0.2, 0.25) is 0 Å². The Kier molecular flexibility index (Phi) is 6.54. The van der Waals surface area contributed by atoms with Gasteiger partial charge in [0.1, 0.15) is 6.54 Å². The standard InChI is InChI=1S/C17H24N4O2S/c1-12-7-6-8-13(2)16(12)18-17(24)20-19-14(22)11-21-10-5-3-4-9-15(21)23/h6-8H,3-5,9-11H2,1-2H3,(H,19,22)(H2,18,20,24). The van der Waals surface area contributed by atoms with Gasteiger partial charge in [-0.15, -0.1) is 0 Å². The molecule has 1 aromatic rings. The first kappa shape index (κ1) is 18.2. The molecular formula is C17H24N4O2S. The molecule has 2 amide bonds. The number of amides is 2. The fourth-order valence-electron chi connectivity index (χ4n) is 2.70. The summed E-state index contributed by atoms with van der Waals surface area (Å²) in [5.41, 5.74) is 8.29. The third-order valence-corrected chi connectivity index (χ3v) is 4.25. The molecule has 130 valence electrons. The highest BCUT2D eigenvalue weighted by atomic mass is 32.1. The van der Waals surface area contributed by atoms with Gasteiger partial charge in [0.25, 0.3) is 5.91 Å². The van der Waals surface area contributed by atoms with E-state index >= 15 is 0 Å². The molecule has 0 radical (unpaired) electrons. The van der Waals surface area contributed by atoms with Crippen molar-refractivity contribution in [3.63, 3.8) is 0 Å². The molecule has 0 atom stereocenters. The van der Waals surface area contributed by atoms with Crippen LogP contribution in [-0.4, -0.2) is 34.9 Å². The number of nitrogens with zero attached hydrogens (tertiary/aromatic N) is 1. The molecule has 0 aliphatic carbocycles. The van der Waals surface area contributed by atoms with Gasteiger partial charge in [0.15, 0.2) is 5.11 Å². The molecule has 0 aromatic heterocycles. The highest BCUT2D eigenvalue weighted by Gasteiger charge is 2.19. The van der Waals surface area contributed by atoms with E-state index in [1.807, 2.05) is 32.0 Å². The smallest absolute Gasteiger partial charge is 0.257 e. The van der Waals surface area contributed by atoms with Crippen LogP contribution in [0.5, 0.6) is 0 Å². The predicted octanol–water partition coefficient (Wildman–Crippen LogP) is 2.02. The Hall–Kier alpha value is -2.15. The van der Waals surface area contributed by atoms with E-state index in [0.717, 1.165) is 36.1 Å². The average molecular weight is 348 g/mol. The lowest BCUT2D eigenvalue weighted by Gasteiger charge is -2.20. The summed E-state index contributed by atoms with van der Waals surface area (Å²) in [5.74, 6) is -0.241. The summed E-state index contributed by atoms with van der Waals surface area (Å²) >= 11 is 5.21. The van der Waals surface area contributed by atoms with Gasteiger partial charge in [0, 0.05) is 18.7 Å². The lowest BCUT2D eigenvalue weighted by molar-refractivity contribution is -0.135. The summed E-state index contributed by atoms with van der Waals surface area (Å²) in [7, 11) is 0. The number of aryl methyl sites for hydroxylation is 2. The van der Waals surface area contributed by atoms with Crippen molar-refractivity contribution in [2.24, 2.45) is 0 Å². The van der Waals surface area contributed by atoms with Crippen LogP contribution in [0.3, 0.4) is 0 Å². The quantitative estimate of drug-likeness (QED) is 0.576. The summed E-state index contributed by atoms with van der Waals surface area (Å²) in [6, 6.07) is 5.95. The van der Waals surface area contributed by atoms with Gasteiger partial charge >= 0.3 is 0 Å². The first-order valence-corrected chi connectivity index (χ1v) is 8.58. The second-order valence-corrected chi connectivity index (χ2v) is 6.43. The number of anilines is 1. The summed E-state index contributed by atoms with van der Waals surface area (Å²) < 4.78 is 0. The maximum absolute atomic E-state index is 12.0. The molecule has 6 nitrogen and oxygen atoms in total. The summed E-state index contributed by atoms with van der Waals surface area (Å²) in [6.07, 6.45) is 3.40. The van der Waals surface area contributed by atoms with Gasteiger partial charge in [0.05, 0.1) is 0 Å². The SMILES string of the molecule is Cc1cccc(C)c1NC(=S)NNC(=O)CN1CCCCCC1=O. The van der Waals surface area contributed by atoms with Crippen molar-refractivity contribution in [3.8, 4) is 0 Å². The van der Waals surface area contributed by atoms with E-state index in [2.05, 4.69) is 16.2 Å². The zero-order valence-electron chi connectivity index (χ0n) is 14.1. The Morgan fingerprint density at radius 3 is 2.58 bits per heavy atom. The number of hydrogen-bond acceptors (Lipinski definition) is 3. The molecule has 0 saturated carbocycles. The van der Waals surface area contributed by atoms with Crippen LogP contribution in [0.1, 0.15) is 36.8 Å². The average Bonchev–Trinajstić information content (AvgIpc) is 2.74. The molecule has 1 saturated heterocycles. The number of likely N-dealkylation sites (tertiary alicyclic amines) is 1. The van der Waals surface area contributed by atoms with Crippen LogP contribution in [-0.2, 0) is 9.59 Å². The van der Waals surface area contributed by atoms with Crippen molar-refractivity contribution < 1.29 is 9.59 Å². The fourth-order valence-corrected chi connectivity index (χ4v) is 2.85. The number of para-hydroxylation sites is 1. The maximum atomic E-state index is 12.0. The molecule has 3 N–H and O–H groups in total. The molecule has 2 rings (SSSR count). The normalized spacial score (nSPS) is 14.8. The Morgan fingerprint density at radius 1 is 1.17 bits per heavy atom. The number of hydrazine groups is 1. The van der Waals surface area contributed by atoms with Crippen molar-refractivity contribution in [2.75, 3.05) is 18.4 Å². The summed E-state index contributed by atoms with van der Waals surface area (Å²) in [5, 5.41) is 3.39. The number of hydrogen-bond donors (Lipinski definition) is 3. The van der Waals surface area contributed by atoms with E-state index in [0.29, 0.717) is 18.1 Å². The lowest BCUT2D eigenvalue weighted by Crippen LogP contribution is -2.48. The molecule has 7 heteroatoms. The van der Waals surface area contributed by atoms with E-state index in [4.69, 9.17) is 12.2 Å². The predicted molar refractivity (Wildman–Crippen MR) is 98.5 cm³/mol. The van der Waals surface area contributed by atoms with Gasteiger partial charge < -0.3 is 10.2 Å². The van der Waals surface area contributed by atoms with Crippen molar-refractivity contribution >= 4 is 34.8 Å². The first-order valence-electron chi connectivity index (χ1n) is 8.17. The number of thiocarbonyl (C=S) groups is 1. The summed E-state index contributed by atoms with van der Waals surface area (Å²) in [6.45, 7) is 4.66. The molecule has 24 heavy (non-hydrogen) atoms. The highest BCUT2D eigenvalue weighted by Crippen LogP contribution is 2.19. The van der Waals surface area contributed by atoms with Crippen molar-refractivity contribution in [2.45, 2.75) is 39.5 Å². The molecule has 1 fully saturated rings. The molecular weight excluding hydrogens is 324 g/mol. The molecule has 1 aliphatic rings. The second kappa shape index (κ2) is 8.63. The minimum absolute atomic E-state index is 0.0406. The summed E-state index contributed by atoms with van der Waals surface area (Å²) in [4.78, 5) is 25.5. The first-order chi connectivity index (χ1) is 11.5. The van der Waals surface area contributed by atoms with E-state index in [9.17, 15) is 9.59 Å². The number of carbonyl (C=O) groups is 2. The second-order valence-electron chi connectivity index (χ2n) is 6.02. The topological polar surface area (TPSA) is 73.5 Å². The lowest BCUT2D eigenvalue weighted by atomic mass is 10.1. The van der Waals surface area contributed by atoms with Gasteiger partial charge in [-0.05, 0) is 50.0 Å². The molecule has 0 spiro atoms. The van der Waals surface area contributed by atoms with Crippen molar-refractivity contribution in [1.82, 2.24) is 15.8 Å². The minimum Gasteiger partial charge on any atom is -0.333 e. The molecule has 0 bridgehead atoms.